The van der Waals surface area contributed by atoms with Crippen molar-refractivity contribution < 1.29 is 30.0 Å². The fourth-order valence-electron chi connectivity index (χ4n) is 0.919. The molecule has 0 fully saturated rings. The molecule has 8 heteroatoms. The Labute approximate surface area is 176 Å². The van der Waals surface area contributed by atoms with Gasteiger partial charge in [0.05, 0.1) is 0 Å². The van der Waals surface area contributed by atoms with Crippen LogP contribution in [0.3, 0.4) is 0 Å². The third-order valence-electron chi connectivity index (χ3n) is 1.57. The molecule has 16 heavy (non-hydrogen) atoms. The molecule has 0 aromatic heterocycles. The fraction of sp³-hybridized carbons (Fsp3) is 0. The third-order valence-corrected chi connectivity index (χ3v) is 1.57. The summed E-state index contributed by atoms with van der Waals surface area (Å²) in [5.41, 5.74) is -1.10. The van der Waals surface area contributed by atoms with Crippen molar-refractivity contribution in [2.24, 2.45) is 0 Å². The summed E-state index contributed by atoms with van der Waals surface area (Å²) >= 11 is 0. The van der Waals surface area contributed by atoms with Crippen LogP contribution in [-0.4, -0.2) is 135 Å². The number of carbonyl (C=O) groups is 2. The van der Waals surface area contributed by atoms with Crippen molar-refractivity contribution in [3.8, 4) is 11.5 Å². The topological polar surface area (TPSA) is 115 Å². The number of carboxylic acids is 2. The van der Waals surface area contributed by atoms with Crippen LogP contribution in [0, 0.1) is 0 Å². The molecule has 0 unspecified atom stereocenters. The van der Waals surface area contributed by atoms with Crippen molar-refractivity contribution >= 4 is 115 Å². The maximum atomic E-state index is 10.4. The first-order valence-corrected chi connectivity index (χ1v) is 3.46. The molecule has 0 bridgehead atoms. The Morgan fingerprint density at radius 3 is 1.25 bits per heavy atom. The number of hydrogen-bond donors (Lipinski definition) is 4. The number of carboxylic acid groups (broad SMARTS) is 2. The summed E-state index contributed by atoms with van der Waals surface area (Å²) < 4.78 is 0. The van der Waals surface area contributed by atoms with Gasteiger partial charge in [0.1, 0.15) is 22.6 Å². The van der Waals surface area contributed by atoms with Crippen LogP contribution in [0.15, 0.2) is 12.1 Å². The monoisotopic (exact) mass is 278 g/mol. The number of aromatic hydroxyl groups is 2. The summed E-state index contributed by atoms with van der Waals surface area (Å²) in [5.74, 6) is -4.30. The number of rotatable bonds is 2. The molecule has 0 spiro atoms. The molecule has 6 nitrogen and oxygen atoms in total. The van der Waals surface area contributed by atoms with E-state index < -0.39 is 34.6 Å². The molecule has 0 aliphatic carbocycles. The molecule has 0 aliphatic heterocycles. The van der Waals surface area contributed by atoms with Gasteiger partial charge in [0.15, 0.2) is 0 Å². The zero-order valence-electron chi connectivity index (χ0n) is 6.76. The van der Waals surface area contributed by atoms with E-state index in [0.717, 1.165) is 0 Å². The van der Waals surface area contributed by atoms with Gasteiger partial charge >= 0.3 is 115 Å². The second kappa shape index (κ2) is 8.19. The first-order valence-electron chi connectivity index (χ1n) is 3.46. The van der Waals surface area contributed by atoms with Crippen molar-refractivity contribution in [1.82, 2.24) is 0 Å². The SMILES string of the molecule is O=C(O)c1cc(O)c(C(=O)O)cc1O.[KH].[KH]. The van der Waals surface area contributed by atoms with Crippen LogP contribution in [0.1, 0.15) is 20.7 Å². The predicted octanol–water partition coefficient (Wildman–Crippen LogP) is -0.803. The molecule has 0 heterocycles. The van der Waals surface area contributed by atoms with Crippen molar-refractivity contribution in [2.45, 2.75) is 0 Å². The zero-order chi connectivity index (χ0) is 10.9. The molecule has 1 aromatic rings. The van der Waals surface area contributed by atoms with Crippen LogP contribution in [0.5, 0.6) is 11.5 Å². The first-order chi connectivity index (χ1) is 6.43. The van der Waals surface area contributed by atoms with Gasteiger partial charge in [0.25, 0.3) is 0 Å². The molecule has 0 amide bonds. The van der Waals surface area contributed by atoms with Gasteiger partial charge in [-0.2, -0.15) is 0 Å². The van der Waals surface area contributed by atoms with Gasteiger partial charge in [-0.3, -0.25) is 0 Å². The average molecular weight is 278 g/mol. The second-order valence-electron chi connectivity index (χ2n) is 2.50. The summed E-state index contributed by atoms with van der Waals surface area (Å²) in [5, 5.41) is 35.2. The Kier molecular flexibility index (Phi) is 9.92. The number of benzene rings is 1. The summed E-state index contributed by atoms with van der Waals surface area (Å²) in [6.45, 7) is 0. The molecule has 0 saturated heterocycles. The van der Waals surface area contributed by atoms with E-state index in [2.05, 4.69) is 0 Å². The van der Waals surface area contributed by atoms with E-state index in [1.54, 1.807) is 0 Å². The van der Waals surface area contributed by atoms with Crippen LogP contribution in [0.4, 0.5) is 0 Å². The summed E-state index contributed by atoms with van der Waals surface area (Å²) in [6.07, 6.45) is 0. The molecule has 78 valence electrons. The molecular formula is C8H8K2O6. The molecule has 4 N–H and O–H groups in total. The second-order valence-corrected chi connectivity index (χ2v) is 2.50. The van der Waals surface area contributed by atoms with Crippen LogP contribution in [0.2, 0.25) is 0 Å². The number of aromatic carboxylic acids is 2. The van der Waals surface area contributed by atoms with Gasteiger partial charge in [0.2, 0.25) is 0 Å². The van der Waals surface area contributed by atoms with Gasteiger partial charge < -0.3 is 20.4 Å². The van der Waals surface area contributed by atoms with Gasteiger partial charge in [-0.15, -0.1) is 0 Å². The van der Waals surface area contributed by atoms with E-state index in [1.165, 1.54) is 0 Å². The van der Waals surface area contributed by atoms with Crippen molar-refractivity contribution in [3.05, 3.63) is 23.3 Å². The van der Waals surface area contributed by atoms with Gasteiger partial charge in [-0.1, -0.05) is 0 Å². The van der Waals surface area contributed by atoms with Gasteiger partial charge in [-0.05, 0) is 12.1 Å². The molecule has 0 radical (unpaired) electrons. The number of phenols is 2. The molecule has 0 aliphatic rings. The third kappa shape index (κ3) is 4.72. The molecule has 1 aromatic carbocycles. The van der Waals surface area contributed by atoms with Crippen molar-refractivity contribution in [1.29, 1.82) is 0 Å². The van der Waals surface area contributed by atoms with Crippen LogP contribution in [0.25, 0.3) is 0 Å². The fourth-order valence-corrected chi connectivity index (χ4v) is 0.919. The van der Waals surface area contributed by atoms with Crippen molar-refractivity contribution in [2.75, 3.05) is 0 Å². The van der Waals surface area contributed by atoms with E-state index in [9.17, 15) is 9.59 Å². The molecule has 1 rings (SSSR count). The van der Waals surface area contributed by atoms with Gasteiger partial charge in [0, 0.05) is 0 Å². The van der Waals surface area contributed by atoms with Crippen LogP contribution in [-0.2, 0) is 0 Å². The maximum absolute atomic E-state index is 10.4. The zero-order valence-corrected chi connectivity index (χ0v) is 6.76. The standard InChI is InChI=1S/C8H6O6.2K.2H/c9-5-1-3(7(11)12)6(10)2-4(5)8(13)14;;;;/h1-2,9-10H,(H,11,12)(H,13,14);;;;. The summed E-state index contributed by atoms with van der Waals surface area (Å²) in [6, 6.07) is 1.36. The van der Waals surface area contributed by atoms with Crippen molar-refractivity contribution in [3.63, 3.8) is 0 Å². The number of hydrogen-bond acceptors (Lipinski definition) is 4. The Bertz CT molecular complexity index is 377. The Hall–Kier alpha value is 1.03. The van der Waals surface area contributed by atoms with E-state index in [1.807, 2.05) is 0 Å². The van der Waals surface area contributed by atoms with E-state index >= 15 is 0 Å². The minimum atomic E-state index is -1.45. The normalized spacial score (nSPS) is 8.50. The Morgan fingerprint density at radius 1 is 0.812 bits per heavy atom. The quantitative estimate of drug-likeness (QED) is 0.416. The summed E-state index contributed by atoms with van der Waals surface area (Å²) in [4.78, 5) is 20.9. The first kappa shape index (κ1) is 19.4. The molecule has 0 saturated carbocycles. The Morgan fingerprint density at radius 2 is 1.06 bits per heavy atom. The Balaban J connectivity index is 0. The van der Waals surface area contributed by atoms with Gasteiger partial charge in [-0.25, -0.2) is 9.59 Å². The van der Waals surface area contributed by atoms with Crippen LogP contribution < -0.4 is 0 Å². The van der Waals surface area contributed by atoms with E-state index in [4.69, 9.17) is 20.4 Å². The van der Waals surface area contributed by atoms with Crippen LogP contribution >= 0.6 is 0 Å². The van der Waals surface area contributed by atoms with E-state index in [0.29, 0.717) is 12.1 Å². The predicted molar refractivity (Wildman–Crippen MR) is 58.0 cm³/mol. The summed E-state index contributed by atoms with van der Waals surface area (Å²) in [7, 11) is 0. The average Bonchev–Trinajstić information content (AvgIpc) is 2.07. The minimum absolute atomic E-state index is 0. The van der Waals surface area contributed by atoms with E-state index in [-0.39, 0.29) is 103 Å². The molecule has 0 atom stereocenters. The molecular weight excluding hydrogens is 270 g/mol.